The minimum absolute atomic E-state index is 0.372. The molecule has 0 fully saturated rings. The molecule has 2 amide bonds. The third-order valence-corrected chi connectivity index (χ3v) is 3.27. The molecule has 0 saturated heterocycles. The molecule has 0 spiro atoms. The highest BCUT2D eigenvalue weighted by Crippen LogP contribution is 2.30. The molecule has 0 saturated carbocycles. The van der Waals surface area contributed by atoms with Gasteiger partial charge in [-0.2, -0.15) is 0 Å². The lowest BCUT2D eigenvalue weighted by Crippen LogP contribution is -2.42. The minimum atomic E-state index is -0.431. The molecule has 2 aromatic rings. The maximum atomic E-state index is 12.1. The van der Waals surface area contributed by atoms with Crippen LogP contribution in [0.5, 0.6) is 11.5 Å². The van der Waals surface area contributed by atoms with Crippen LogP contribution in [0.1, 0.15) is 20.8 Å². The van der Waals surface area contributed by atoms with E-state index in [1.807, 2.05) is 0 Å². The summed E-state index contributed by atoms with van der Waals surface area (Å²) in [7, 11) is 1.75. The SMILES string of the molecule is Cn1cccc1C(=O)NNC(=O)c1ccc2c(c1)OCCO2. The van der Waals surface area contributed by atoms with Gasteiger partial charge in [0.15, 0.2) is 11.5 Å². The predicted molar refractivity (Wildman–Crippen MR) is 77.8 cm³/mol. The van der Waals surface area contributed by atoms with Crippen molar-refractivity contribution in [2.24, 2.45) is 7.05 Å². The van der Waals surface area contributed by atoms with Gasteiger partial charge in [0.05, 0.1) is 0 Å². The number of nitrogens with zero attached hydrogens (tertiary/aromatic N) is 1. The Balaban J connectivity index is 1.65. The fourth-order valence-corrected chi connectivity index (χ4v) is 2.13. The second-order valence-electron chi connectivity index (χ2n) is 4.77. The third kappa shape index (κ3) is 2.73. The van der Waals surface area contributed by atoms with Gasteiger partial charge in [-0.25, -0.2) is 0 Å². The lowest BCUT2D eigenvalue weighted by molar-refractivity contribution is 0.0841. The van der Waals surface area contributed by atoms with Gasteiger partial charge in [-0.15, -0.1) is 0 Å². The number of fused-ring (bicyclic) bond motifs is 1. The van der Waals surface area contributed by atoms with Crippen molar-refractivity contribution in [2.75, 3.05) is 13.2 Å². The largest absolute Gasteiger partial charge is 0.486 e. The van der Waals surface area contributed by atoms with Crippen LogP contribution in [0.4, 0.5) is 0 Å². The zero-order chi connectivity index (χ0) is 15.5. The van der Waals surface area contributed by atoms with E-state index in [9.17, 15) is 9.59 Å². The molecule has 1 aliphatic heterocycles. The second-order valence-corrected chi connectivity index (χ2v) is 4.77. The van der Waals surface area contributed by atoms with Gasteiger partial charge in [0.2, 0.25) is 0 Å². The smallest absolute Gasteiger partial charge is 0.286 e. The van der Waals surface area contributed by atoms with Gasteiger partial charge in [0.25, 0.3) is 11.8 Å². The summed E-state index contributed by atoms with van der Waals surface area (Å²) in [4.78, 5) is 24.0. The Bertz CT molecular complexity index is 723. The molecule has 7 heteroatoms. The topological polar surface area (TPSA) is 81.6 Å². The van der Waals surface area contributed by atoms with Crippen molar-refractivity contribution in [3.63, 3.8) is 0 Å². The summed E-state index contributed by atoms with van der Waals surface area (Å²) < 4.78 is 12.5. The van der Waals surface area contributed by atoms with Crippen molar-refractivity contribution < 1.29 is 19.1 Å². The van der Waals surface area contributed by atoms with Crippen molar-refractivity contribution in [1.82, 2.24) is 15.4 Å². The number of carbonyl (C=O) groups is 2. The van der Waals surface area contributed by atoms with E-state index in [1.165, 1.54) is 0 Å². The van der Waals surface area contributed by atoms with Crippen molar-refractivity contribution in [1.29, 1.82) is 0 Å². The van der Waals surface area contributed by atoms with Crippen LogP contribution in [-0.2, 0) is 7.05 Å². The monoisotopic (exact) mass is 301 g/mol. The molecule has 0 aliphatic carbocycles. The fourth-order valence-electron chi connectivity index (χ4n) is 2.13. The third-order valence-electron chi connectivity index (χ3n) is 3.27. The highest BCUT2D eigenvalue weighted by atomic mass is 16.6. The molecule has 0 unspecified atom stereocenters. The molecule has 0 atom stereocenters. The van der Waals surface area contributed by atoms with E-state index in [4.69, 9.17) is 9.47 Å². The van der Waals surface area contributed by atoms with E-state index < -0.39 is 11.8 Å². The average Bonchev–Trinajstić information content (AvgIpc) is 2.98. The van der Waals surface area contributed by atoms with Crippen LogP contribution in [0.25, 0.3) is 0 Å². The molecule has 2 N–H and O–H groups in total. The van der Waals surface area contributed by atoms with E-state index in [-0.39, 0.29) is 0 Å². The maximum Gasteiger partial charge on any atom is 0.286 e. The van der Waals surface area contributed by atoms with E-state index >= 15 is 0 Å². The molecule has 0 radical (unpaired) electrons. The van der Waals surface area contributed by atoms with Gasteiger partial charge < -0.3 is 14.0 Å². The number of hydrazine groups is 1. The zero-order valence-corrected chi connectivity index (χ0v) is 12.0. The Morgan fingerprint density at radius 3 is 2.50 bits per heavy atom. The number of hydrogen-bond acceptors (Lipinski definition) is 4. The molecule has 22 heavy (non-hydrogen) atoms. The van der Waals surface area contributed by atoms with Crippen molar-refractivity contribution in [3.8, 4) is 11.5 Å². The van der Waals surface area contributed by atoms with Gasteiger partial charge in [-0.1, -0.05) is 0 Å². The molecule has 114 valence electrons. The summed E-state index contributed by atoms with van der Waals surface area (Å²) in [6.07, 6.45) is 1.75. The lowest BCUT2D eigenvalue weighted by Gasteiger charge is -2.18. The first-order valence-electron chi connectivity index (χ1n) is 6.77. The Morgan fingerprint density at radius 2 is 1.77 bits per heavy atom. The van der Waals surface area contributed by atoms with Gasteiger partial charge in [0.1, 0.15) is 18.9 Å². The summed E-state index contributed by atoms with van der Waals surface area (Å²) in [6.45, 7) is 0.938. The van der Waals surface area contributed by atoms with Crippen LogP contribution >= 0.6 is 0 Å². The number of rotatable bonds is 2. The van der Waals surface area contributed by atoms with Crippen LogP contribution in [0, 0.1) is 0 Å². The van der Waals surface area contributed by atoms with Crippen molar-refractivity contribution in [2.45, 2.75) is 0 Å². The van der Waals surface area contributed by atoms with Gasteiger partial charge >= 0.3 is 0 Å². The normalized spacial score (nSPS) is 12.6. The average molecular weight is 301 g/mol. The highest BCUT2D eigenvalue weighted by Gasteiger charge is 2.16. The summed E-state index contributed by atoms with van der Waals surface area (Å²) in [5.74, 6) is 0.307. The number of benzene rings is 1. The van der Waals surface area contributed by atoms with E-state index in [2.05, 4.69) is 10.9 Å². The quantitative estimate of drug-likeness (QED) is 0.807. The molecule has 1 aromatic carbocycles. The predicted octanol–water partition coefficient (Wildman–Crippen LogP) is 0.871. The Labute approximate surface area is 126 Å². The molecule has 3 rings (SSSR count). The van der Waals surface area contributed by atoms with Gasteiger partial charge in [-0.3, -0.25) is 20.4 Å². The maximum absolute atomic E-state index is 12.1. The first-order valence-corrected chi connectivity index (χ1v) is 6.77. The van der Waals surface area contributed by atoms with Gasteiger partial charge in [-0.05, 0) is 30.3 Å². The number of aryl methyl sites for hydroxylation is 1. The van der Waals surface area contributed by atoms with E-state index in [0.29, 0.717) is 36.0 Å². The van der Waals surface area contributed by atoms with Crippen molar-refractivity contribution >= 4 is 11.8 Å². The lowest BCUT2D eigenvalue weighted by atomic mass is 10.2. The van der Waals surface area contributed by atoms with Crippen LogP contribution in [0.15, 0.2) is 36.5 Å². The number of carbonyl (C=O) groups excluding carboxylic acids is 2. The van der Waals surface area contributed by atoms with E-state index in [1.54, 1.807) is 48.1 Å². The number of amides is 2. The molecular weight excluding hydrogens is 286 g/mol. The molecule has 1 aliphatic rings. The number of aromatic nitrogens is 1. The standard InChI is InChI=1S/C15H15N3O4/c1-18-6-2-3-11(18)15(20)17-16-14(19)10-4-5-12-13(9-10)22-8-7-21-12/h2-6,9H,7-8H2,1H3,(H,16,19)(H,17,20). The number of ether oxygens (including phenoxy) is 2. The first kappa shape index (κ1) is 14.0. The minimum Gasteiger partial charge on any atom is -0.486 e. The highest BCUT2D eigenvalue weighted by molar-refractivity contribution is 5.98. The fraction of sp³-hybridized carbons (Fsp3) is 0.200. The molecular formula is C15H15N3O4. The molecule has 1 aromatic heterocycles. The van der Waals surface area contributed by atoms with Crippen LogP contribution < -0.4 is 20.3 Å². The Kier molecular flexibility index (Phi) is 3.69. The second kappa shape index (κ2) is 5.80. The first-order chi connectivity index (χ1) is 10.6. The summed E-state index contributed by atoms with van der Waals surface area (Å²) >= 11 is 0. The summed E-state index contributed by atoms with van der Waals surface area (Å²) in [6, 6.07) is 8.27. The molecule has 0 bridgehead atoms. The Hall–Kier alpha value is -2.96. The van der Waals surface area contributed by atoms with Crippen LogP contribution in [0.3, 0.4) is 0 Å². The molecule has 7 nitrogen and oxygen atoms in total. The Morgan fingerprint density at radius 1 is 1.05 bits per heavy atom. The zero-order valence-electron chi connectivity index (χ0n) is 12.0. The van der Waals surface area contributed by atoms with Gasteiger partial charge in [0, 0.05) is 18.8 Å². The summed E-state index contributed by atoms with van der Waals surface area (Å²) in [5.41, 5.74) is 5.56. The number of nitrogens with one attached hydrogen (secondary N) is 2. The number of hydrogen-bond donors (Lipinski definition) is 2. The van der Waals surface area contributed by atoms with Crippen LogP contribution in [-0.4, -0.2) is 29.6 Å². The summed E-state index contributed by atoms with van der Waals surface area (Å²) in [5, 5.41) is 0. The van der Waals surface area contributed by atoms with Crippen LogP contribution in [0.2, 0.25) is 0 Å². The van der Waals surface area contributed by atoms with E-state index in [0.717, 1.165) is 0 Å². The molecule has 2 heterocycles. The van der Waals surface area contributed by atoms with Crippen molar-refractivity contribution in [3.05, 3.63) is 47.8 Å².